The molecule has 2 aromatic rings. The molecule has 0 radical (unpaired) electrons. The van der Waals surface area contributed by atoms with E-state index in [0.717, 1.165) is 10.7 Å². The van der Waals surface area contributed by atoms with Crippen LogP contribution in [-0.4, -0.2) is 50.6 Å². The molecule has 1 unspecified atom stereocenters. The second-order valence-corrected chi connectivity index (χ2v) is 6.10. The molecule has 3 heterocycles. The third kappa shape index (κ3) is 2.56. The second kappa shape index (κ2) is 6.00. The maximum atomic E-state index is 12.8. The minimum atomic E-state index is -0.836. The van der Waals surface area contributed by atoms with Gasteiger partial charge in [-0.25, -0.2) is 4.98 Å². The van der Waals surface area contributed by atoms with Crippen LogP contribution in [0.4, 0.5) is 0 Å². The maximum Gasteiger partial charge on any atom is 0.308 e. The number of imidazole rings is 1. The average Bonchev–Trinajstić information content (AvgIpc) is 2.93. The Morgan fingerprint density at radius 1 is 1.41 bits per heavy atom. The molecule has 1 amide bonds. The molecule has 0 bridgehead atoms. The Morgan fingerprint density at radius 3 is 2.95 bits per heavy atom. The number of aliphatic carboxylic acids is 1. The van der Waals surface area contributed by atoms with Crippen LogP contribution in [0, 0.1) is 5.92 Å². The summed E-state index contributed by atoms with van der Waals surface area (Å²) < 4.78 is 1.89. The van der Waals surface area contributed by atoms with E-state index in [1.165, 1.54) is 11.8 Å². The first-order valence-corrected chi connectivity index (χ1v) is 8.37. The number of pyridine rings is 1. The van der Waals surface area contributed by atoms with Crippen LogP contribution in [0.15, 0.2) is 29.6 Å². The Labute approximate surface area is 132 Å². The smallest absolute Gasteiger partial charge is 0.308 e. The highest BCUT2D eigenvalue weighted by molar-refractivity contribution is 7.98. The van der Waals surface area contributed by atoms with E-state index in [2.05, 4.69) is 4.98 Å². The number of hydrogen-bond acceptors (Lipinski definition) is 4. The van der Waals surface area contributed by atoms with Crippen molar-refractivity contribution >= 4 is 29.2 Å². The summed E-state index contributed by atoms with van der Waals surface area (Å²) in [4.78, 5) is 30.0. The number of carboxylic acid groups (broad SMARTS) is 1. The van der Waals surface area contributed by atoms with Gasteiger partial charge in [0.1, 0.15) is 0 Å². The number of rotatable bonds is 3. The van der Waals surface area contributed by atoms with Crippen LogP contribution in [-0.2, 0) is 4.79 Å². The van der Waals surface area contributed by atoms with Crippen molar-refractivity contribution in [2.75, 3.05) is 19.3 Å². The van der Waals surface area contributed by atoms with E-state index in [-0.39, 0.29) is 12.5 Å². The number of fused-ring (bicyclic) bond motifs is 1. The molecule has 0 saturated carbocycles. The van der Waals surface area contributed by atoms with Gasteiger partial charge in [0, 0.05) is 19.3 Å². The highest BCUT2D eigenvalue weighted by Crippen LogP contribution is 2.23. The summed E-state index contributed by atoms with van der Waals surface area (Å²) in [5.74, 6) is -1.50. The molecule has 0 aromatic carbocycles. The topological polar surface area (TPSA) is 74.9 Å². The number of nitrogens with zero attached hydrogens (tertiary/aromatic N) is 3. The van der Waals surface area contributed by atoms with Crippen LogP contribution in [0.3, 0.4) is 0 Å². The lowest BCUT2D eigenvalue weighted by atomic mass is 9.98. The zero-order valence-corrected chi connectivity index (χ0v) is 13.0. The molecule has 22 heavy (non-hydrogen) atoms. The third-order valence-corrected chi connectivity index (χ3v) is 4.61. The Morgan fingerprint density at radius 2 is 2.23 bits per heavy atom. The van der Waals surface area contributed by atoms with Crippen molar-refractivity contribution in [3.05, 3.63) is 30.1 Å². The van der Waals surface area contributed by atoms with E-state index in [1.807, 2.05) is 35.1 Å². The summed E-state index contributed by atoms with van der Waals surface area (Å²) in [5.41, 5.74) is 1.16. The summed E-state index contributed by atoms with van der Waals surface area (Å²) in [6.45, 7) is 0.845. The second-order valence-electron chi connectivity index (χ2n) is 5.33. The monoisotopic (exact) mass is 319 g/mol. The van der Waals surface area contributed by atoms with Crippen molar-refractivity contribution < 1.29 is 14.7 Å². The maximum absolute atomic E-state index is 12.8. The first-order chi connectivity index (χ1) is 10.6. The number of thioether (sulfide) groups is 1. The molecule has 7 heteroatoms. The normalized spacial score (nSPS) is 18.6. The summed E-state index contributed by atoms with van der Waals surface area (Å²) in [5, 5.41) is 9.92. The van der Waals surface area contributed by atoms with Gasteiger partial charge in [0.05, 0.1) is 11.4 Å². The fourth-order valence-electron chi connectivity index (χ4n) is 2.82. The molecule has 1 aliphatic rings. The number of carbonyl (C=O) groups is 2. The van der Waals surface area contributed by atoms with Crippen LogP contribution >= 0.6 is 11.8 Å². The zero-order chi connectivity index (χ0) is 15.7. The van der Waals surface area contributed by atoms with E-state index in [1.54, 1.807) is 4.90 Å². The first-order valence-electron chi connectivity index (χ1n) is 7.15. The van der Waals surface area contributed by atoms with Gasteiger partial charge >= 0.3 is 5.97 Å². The van der Waals surface area contributed by atoms with Crippen molar-refractivity contribution in [1.29, 1.82) is 0 Å². The van der Waals surface area contributed by atoms with Gasteiger partial charge in [-0.15, -0.1) is 0 Å². The average molecular weight is 319 g/mol. The molecule has 1 aliphatic heterocycles. The molecule has 3 rings (SSSR count). The highest BCUT2D eigenvalue weighted by Gasteiger charge is 2.30. The fraction of sp³-hybridized carbons (Fsp3) is 0.400. The molecule has 1 atom stereocenters. The van der Waals surface area contributed by atoms with E-state index in [9.17, 15) is 9.59 Å². The molecule has 1 N–H and O–H groups in total. The fourth-order valence-corrected chi connectivity index (χ4v) is 3.36. The molecule has 6 nitrogen and oxygen atoms in total. The van der Waals surface area contributed by atoms with Crippen LogP contribution in [0.5, 0.6) is 0 Å². The zero-order valence-electron chi connectivity index (χ0n) is 12.2. The summed E-state index contributed by atoms with van der Waals surface area (Å²) in [7, 11) is 0. The molecule has 0 aliphatic carbocycles. The van der Waals surface area contributed by atoms with Crippen LogP contribution in [0.25, 0.3) is 5.52 Å². The number of hydrogen-bond donors (Lipinski definition) is 1. The quantitative estimate of drug-likeness (QED) is 0.876. The van der Waals surface area contributed by atoms with E-state index in [0.29, 0.717) is 25.1 Å². The van der Waals surface area contributed by atoms with Crippen molar-refractivity contribution in [3.63, 3.8) is 0 Å². The van der Waals surface area contributed by atoms with Crippen molar-refractivity contribution in [3.8, 4) is 0 Å². The van der Waals surface area contributed by atoms with Gasteiger partial charge < -0.3 is 10.0 Å². The van der Waals surface area contributed by atoms with Gasteiger partial charge in [0.25, 0.3) is 5.91 Å². The number of carbonyl (C=O) groups excluding carboxylic acids is 1. The van der Waals surface area contributed by atoms with E-state index < -0.39 is 11.9 Å². The number of piperidine rings is 1. The Bertz CT molecular complexity index is 728. The van der Waals surface area contributed by atoms with Crippen molar-refractivity contribution in [1.82, 2.24) is 14.3 Å². The molecule has 1 saturated heterocycles. The van der Waals surface area contributed by atoms with Gasteiger partial charge in [-0.1, -0.05) is 17.8 Å². The molecule has 0 spiro atoms. The number of likely N-dealkylation sites (tertiary alicyclic amines) is 1. The predicted molar refractivity (Wildman–Crippen MR) is 83.2 cm³/mol. The lowest BCUT2D eigenvalue weighted by Gasteiger charge is -2.30. The standard InChI is InChI=1S/C15H17N3O3S/c1-22-15-16-12(11-6-2-3-8-18(11)15)13(19)17-7-4-5-10(9-17)14(20)21/h2-3,6,8,10H,4-5,7,9H2,1H3,(H,20,21). The molecule has 2 aromatic heterocycles. The predicted octanol–water partition coefficient (Wildman–Crippen LogP) is 1.99. The van der Waals surface area contributed by atoms with Crippen LogP contribution < -0.4 is 0 Å². The Kier molecular flexibility index (Phi) is 4.06. The van der Waals surface area contributed by atoms with Crippen LogP contribution in [0.2, 0.25) is 0 Å². The Balaban J connectivity index is 1.94. The highest BCUT2D eigenvalue weighted by atomic mass is 32.2. The largest absolute Gasteiger partial charge is 0.481 e. The molecular weight excluding hydrogens is 302 g/mol. The minimum Gasteiger partial charge on any atom is -0.481 e. The summed E-state index contributed by atoms with van der Waals surface area (Å²) >= 11 is 1.48. The summed E-state index contributed by atoms with van der Waals surface area (Å²) in [6, 6.07) is 5.62. The summed E-state index contributed by atoms with van der Waals surface area (Å²) in [6.07, 6.45) is 5.13. The van der Waals surface area contributed by atoms with E-state index >= 15 is 0 Å². The lowest BCUT2D eigenvalue weighted by molar-refractivity contribution is -0.143. The lowest BCUT2D eigenvalue weighted by Crippen LogP contribution is -2.42. The van der Waals surface area contributed by atoms with Gasteiger partial charge in [0.15, 0.2) is 10.9 Å². The third-order valence-electron chi connectivity index (χ3n) is 3.96. The van der Waals surface area contributed by atoms with Gasteiger partial charge in [-0.05, 0) is 31.2 Å². The van der Waals surface area contributed by atoms with Gasteiger partial charge in [-0.2, -0.15) is 0 Å². The SMILES string of the molecule is CSc1nc(C(=O)N2CCCC(C(=O)O)C2)c2ccccn12. The van der Waals surface area contributed by atoms with Gasteiger partial charge in [-0.3, -0.25) is 14.0 Å². The molecule has 1 fully saturated rings. The molecule has 116 valence electrons. The number of amides is 1. The van der Waals surface area contributed by atoms with Gasteiger partial charge in [0.2, 0.25) is 0 Å². The van der Waals surface area contributed by atoms with Crippen molar-refractivity contribution in [2.24, 2.45) is 5.92 Å². The van der Waals surface area contributed by atoms with Crippen molar-refractivity contribution in [2.45, 2.75) is 18.0 Å². The van der Waals surface area contributed by atoms with E-state index in [4.69, 9.17) is 5.11 Å². The molecular formula is C15H17N3O3S. The number of aromatic nitrogens is 2. The first kappa shape index (κ1) is 14.9. The minimum absolute atomic E-state index is 0.185. The Hall–Kier alpha value is -2.02. The van der Waals surface area contributed by atoms with Crippen LogP contribution in [0.1, 0.15) is 23.3 Å². The number of carboxylic acids is 1.